The van der Waals surface area contributed by atoms with Crippen LogP contribution in [0.15, 0.2) is 18.6 Å². The number of imidazole rings is 1. The topological polar surface area (TPSA) is 89.5 Å². The van der Waals surface area contributed by atoms with Crippen LogP contribution in [0.2, 0.25) is 0 Å². The van der Waals surface area contributed by atoms with Crippen molar-refractivity contribution in [3.05, 3.63) is 18.6 Å². The molecule has 0 aliphatic carbocycles. The van der Waals surface area contributed by atoms with Crippen LogP contribution in [0.5, 0.6) is 0 Å². The van der Waals surface area contributed by atoms with Crippen molar-refractivity contribution in [1.82, 2.24) is 14.4 Å². The number of nitrogen functional groups attached to an aromatic ring is 1. The number of fused-ring (bicyclic) bond motifs is 1. The van der Waals surface area contributed by atoms with E-state index in [0.717, 1.165) is 37.5 Å². The summed E-state index contributed by atoms with van der Waals surface area (Å²) in [5.41, 5.74) is 3.37. The highest BCUT2D eigenvalue weighted by Crippen LogP contribution is 2.19. The van der Waals surface area contributed by atoms with E-state index in [1.807, 2.05) is 10.6 Å². The molecule has 18 heavy (non-hydrogen) atoms. The minimum Gasteiger partial charge on any atom is -0.381 e. The molecular formula is C11H16N6O. The van der Waals surface area contributed by atoms with Crippen molar-refractivity contribution in [1.29, 1.82) is 0 Å². The highest BCUT2D eigenvalue weighted by atomic mass is 16.5. The molecule has 0 bridgehead atoms. The Morgan fingerprint density at radius 1 is 1.39 bits per heavy atom. The number of nitrogens with zero attached hydrogens (tertiary/aromatic N) is 3. The number of nitrogens with two attached hydrogens (primary N) is 1. The van der Waals surface area contributed by atoms with Gasteiger partial charge in [-0.15, -0.1) is 0 Å². The summed E-state index contributed by atoms with van der Waals surface area (Å²) >= 11 is 0. The van der Waals surface area contributed by atoms with Crippen LogP contribution >= 0.6 is 0 Å². The van der Waals surface area contributed by atoms with Crippen molar-refractivity contribution < 1.29 is 4.74 Å². The SMILES string of the molecule is NNc1cn2ccnc2c(NC2CCOCC2)n1. The van der Waals surface area contributed by atoms with Gasteiger partial charge >= 0.3 is 0 Å². The molecule has 1 saturated heterocycles. The van der Waals surface area contributed by atoms with Crippen LogP contribution in [0.4, 0.5) is 11.6 Å². The summed E-state index contributed by atoms with van der Waals surface area (Å²) in [5.74, 6) is 6.78. The lowest BCUT2D eigenvalue weighted by Crippen LogP contribution is -2.28. The molecule has 2 aromatic heterocycles. The zero-order chi connectivity index (χ0) is 12.4. The smallest absolute Gasteiger partial charge is 0.180 e. The van der Waals surface area contributed by atoms with Crippen LogP contribution in [-0.4, -0.2) is 33.6 Å². The largest absolute Gasteiger partial charge is 0.381 e. The van der Waals surface area contributed by atoms with E-state index in [1.165, 1.54) is 0 Å². The molecule has 3 heterocycles. The molecule has 7 nitrogen and oxygen atoms in total. The maximum Gasteiger partial charge on any atom is 0.180 e. The molecule has 3 rings (SSSR count). The summed E-state index contributed by atoms with van der Waals surface area (Å²) in [6.07, 6.45) is 7.38. The summed E-state index contributed by atoms with van der Waals surface area (Å²) in [7, 11) is 0. The molecule has 2 aromatic rings. The Bertz CT molecular complexity index is 533. The summed E-state index contributed by atoms with van der Waals surface area (Å²) in [5, 5.41) is 3.41. The van der Waals surface area contributed by atoms with Crippen LogP contribution in [-0.2, 0) is 4.74 Å². The van der Waals surface area contributed by atoms with Gasteiger partial charge in [-0.3, -0.25) is 0 Å². The minimum atomic E-state index is 0.375. The average molecular weight is 248 g/mol. The predicted octanol–water partition coefficient (Wildman–Crippen LogP) is 0.606. The standard InChI is InChI=1S/C11H16N6O/c12-16-9-7-17-4-3-13-11(17)10(15-9)14-8-1-5-18-6-2-8/h3-4,7-8,16H,1-2,5-6,12H2,(H,14,15). The molecule has 0 unspecified atom stereocenters. The van der Waals surface area contributed by atoms with Crippen LogP contribution in [0.1, 0.15) is 12.8 Å². The van der Waals surface area contributed by atoms with Crippen molar-refractivity contribution in [2.45, 2.75) is 18.9 Å². The van der Waals surface area contributed by atoms with Gasteiger partial charge in [-0.1, -0.05) is 0 Å². The maximum atomic E-state index is 5.42. The Kier molecular flexibility index (Phi) is 2.99. The molecule has 1 aliphatic heterocycles. The van der Waals surface area contributed by atoms with Gasteiger partial charge in [0.2, 0.25) is 0 Å². The summed E-state index contributed by atoms with van der Waals surface area (Å²) < 4.78 is 7.23. The Labute approximate surface area is 104 Å². The highest BCUT2D eigenvalue weighted by Gasteiger charge is 2.16. The van der Waals surface area contributed by atoms with E-state index in [9.17, 15) is 0 Å². The third kappa shape index (κ3) is 2.09. The van der Waals surface area contributed by atoms with E-state index in [4.69, 9.17) is 10.6 Å². The van der Waals surface area contributed by atoms with Gasteiger partial charge in [0.15, 0.2) is 17.3 Å². The Hall–Kier alpha value is -1.86. The van der Waals surface area contributed by atoms with Gasteiger partial charge in [0.25, 0.3) is 0 Å². The van der Waals surface area contributed by atoms with Gasteiger partial charge in [0.1, 0.15) is 0 Å². The van der Waals surface area contributed by atoms with E-state index in [-0.39, 0.29) is 0 Å². The summed E-state index contributed by atoms with van der Waals surface area (Å²) in [6.45, 7) is 1.58. The molecule has 0 spiro atoms. The fourth-order valence-corrected chi connectivity index (χ4v) is 2.13. The van der Waals surface area contributed by atoms with E-state index in [0.29, 0.717) is 11.9 Å². The molecule has 4 N–H and O–H groups in total. The maximum absolute atomic E-state index is 5.42. The number of hydrazine groups is 1. The number of rotatable bonds is 3. The number of nitrogens with one attached hydrogen (secondary N) is 2. The van der Waals surface area contributed by atoms with E-state index >= 15 is 0 Å². The zero-order valence-electron chi connectivity index (χ0n) is 9.97. The minimum absolute atomic E-state index is 0.375. The van der Waals surface area contributed by atoms with E-state index in [2.05, 4.69) is 20.7 Å². The highest BCUT2D eigenvalue weighted by molar-refractivity contribution is 5.65. The molecule has 0 atom stereocenters. The monoisotopic (exact) mass is 248 g/mol. The van der Waals surface area contributed by atoms with Gasteiger partial charge in [0, 0.05) is 31.6 Å². The number of ether oxygens (including phenoxy) is 1. The lowest BCUT2D eigenvalue weighted by molar-refractivity contribution is 0.0904. The van der Waals surface area contributed by atoms with Gasteiger partial charge in [-0.2, -0.15) is 0 Å². The van der Waals surface area contributed by atoms with Crippen molar-refractivity contribution in [2.75, 3.05) is 24.0 Å². The molecule has 0 saturated carbocycles. The molecule has 0 amide bonds. The Morgan fingerprint density at radius 2 is 2.22 bits per heavy atom. The first kappa shape index (κ1) is 11.2. The third-order valence-corrected chi connectivity index (χ3v) is 3.08. The second-order valence-corrected chi connectivity index (χ2v) is 4.31. The number of aromatic nitrogens is 3. The van der Waals surface area contributed by atoms with Crippen LogP contribution < -0.4 is 16.6 Å². The van der Waals surface area contributed by atoms with Crippen molar-refractivity contribution in [3.8, 4) is 0 Å². The van der Waals surface area contributed by atoms with Crippen LogP contribution in [0.25, 0.3) is 5.65 Å². The first-order chi connectivity index (χ1) is 8.86. The van der Waals surface area contributed by atoms with Crippen LogP contribution in [0, 0.1) is 0 Å². The van der Waals surface area contributed by atoms with Crippen molar-refractivity contribution in [2.24, 2.45) is 5.84 Å². The van der Waals surface area contributed by atoms with Gasteiger partial charge < -0.3 is 19.9 Å². The van der Waals surface area contributed by atoms with Gasteiger partial charge in [-0.25, -0.2) is 15.8 Å². The summed E-state index contributed by atoms with van der Waals surface area (Å²) in [6, 6.07) is 0.375. The number of anilines is 2. The zero-order valence-corrected chi connectivity index (χ0v) is 9.97. The fourth-order valence-electron chi connectivity index (χ4n) is 2.13. The molecule has 96 valence electrons. The second kappa shape index (κ2) is 4.79. The second-order valence-electron chi connectivity index (χ2n) is 4.31. The third-order valence-electron chi connectivity index (χ3n) is 3.08. The molecular weight excluding hydrogens is 232 g/mol. The quantitative estimate of drug-likeness (QED) is 0.544. The van der Waals surface area contributed by atoms with Gasteiger partial charge in [0.05, 0.1) is 6.20 Å². The van der Waals surface area contributed by atoms with Crippen molar-refractivity contribution >= 4 is 17.3 Å². The fraction of sp³-hybridized carbons (Fsp3) is 0.455. The van der Waals surface area contributed by atoms with Gasteiger partial charge in [-0.05, 0) is 12.8 Å². The number of hydrogen-bond acceptors (Lipinski definition) is 6. The first-order valence-corrected chi connectivity index (χ1v) is 6.01. The lowest BCUT2D eigenvalue weighted by Gasteiger charge is -2.23. The lowest BCUT2D eigenvalue weighted by atomic mass is 10.1. The molecule has 7 heteroatoms. The molecule has 0 radical (unpaired) electrons. The Morgan fingerprint density at radius 3 is 3.00 bits per heavy atom. The average Bonchev–Trinajstić information content (AvgIpc) is 2.88. The normalized spacial score (nSPS) is 16.9. The van der Waals surface area contributed by atoms with Crippen molar-refractivity contribution in [3.63, 3.8) is 0 Å². The van der Waals surface area contributed by atoms with E-state index in [1.54, 1.807) is 12.4 Å². The van der Waals surface area contributed by atoms with Crippen LogP contribution in [0.3, 0.4) is 0 Å². The molecule has 0 aromatic carbocycles. The molecule has 1 aliphatic rings. The first-order valence-electron chi connectivity index (χ1n) is 6.01. The Balaban J connectivity index is 1.91. The summed E-state index contributed by atoms with van der Waals surface area (Å²) in [4.78, 5) is 8.71. The van der Waals surface area contributed by atoms with E-state index < -0.39 is 0 Å². The predicted molar refractivity (Wildman–Crippen MR) is 68.3 cm³/mol. The molecule has 1 fully saturated rings. The number of hydrogen-bond donors (Lipinski definition) is 3.